The summed E-state index contributed by atoms with van der Waals surface area (Å²) in [6.07, 6.45) is -0.117. The summed E-state index contributed by atoms with van der Waals surface area (Å²) < 4.78 is 12.9. The lowest BCUT2D eigenvalue weighted by Crippen LogP contribution is -2.37. The van der Waals surface area contributed by atoms with E-state index >= 15 is 0 Å². The fourth-order valence-electron chi connectivity index (χ4n) is 6.17. The van der Waals surface area contributed by atoms with Crippen molar-refractivity contribution in [1.82, 2.24) is 19.8 Å². The number of rotatable bonds is 6. The van der Waals surface area contributed by atoms with E-state index in [0.29, 0.717) is 41.3 Å². The van der Waals surface area contributed by atoms with Crippen molar-refractivity contribution in [1.29, 1.82) is 0 Å². The smallest absolute Gasteiger partial charge is 0.410 e. The van der Waals surface area contributed by atoms with Crippen LogP contribution in [0.3, 0.4) is 0 Å². The number of hydrogen-bond acceptors (Lipinski definition) is 6. The summed E-state index contributed by atoms with van der Waals surface area (Å²) in [6, 6.07) is 21.2. The minimum Gasteiger partial charge on any atom is -0.449 e. The van der Waals surface area contributed by atoms with E-state index in [-0.39, 0.29) is 37.1 Å². The van der Waals surface area contributed by atoms with Gasteiger partial charge in [-0.2, -0.15) is 0 Å². The Hall–Kier alpha value is -4.37. The maximum Gasteiger partial charge on any atom is 0.410 e. The molecule has 3 aromatic carbocycles. The van der Waals surface area contributed by atoms with Gasteiger partial charge in [0, 0.05) is 32.0 Å². The van der Waals surface area contributed by atoms with Crippen LogP contribution in [0.5, 0.6) is 0 Å². The van der Waals surface area contributed by atoms with Gasteiger partial charge in [0.25, 0.3) is 5.56 Å². The van der Waals surface area contributed by atoms with Crippen LogP contribution in [0.2, 0.25) is 5.02 Å². The van der Waals surface area contributed by atoms with Gasteiger partial charge >= 0.3 is 12.2 Å². The molecule has 6 rings (SSSR count). The van der Waals surface area contributed by atoms with E-state index in [4.69, 9.17) is 26.1 Å². The van der Waals surface area contributed by atoms with Gasteiger partial charge in [-0.3, -0.25) is 9.36 Å². The predicted octanol–water partition coefficient (Wildman–Crippen LogP) is 6.31. The molecule has 1 unspecified atom stereocenters. The molecule has 1 N–H and O–H groups in total. The van der Waals surface area contributed by atoms with Crippen molar-refractivity contribution >= 4 is 34.7 Å². The van der Waals surface area contributed by atoms with Gasteiger partial charge in [0.15, 0.2) is 0 Å². The third-order valence-corrected chi connectivity index (χ3v) is 8.41. The number of carbonyl (C=O) groups excluding carboxylic acids is 2. The molecule has 44 heavy (non-hydrogen) atoms. The summed E-state index contributed by atoms with van der Waals surface area (Å²) >= 11 is 6.43. The van der Waals surface area contributed by atoms with Crippen molar-refractivity contribution in [3.8, 4) is 11.1 Å². The molecular weight excluding hydrogens is 580 g/mol. The fourth-order valence-corrected chi connectivity index (χ4v) is 6.42. The number of halogens is 1. The Balaban J connectivity index is 1.16. The molecule has 2 aliphatic rings. The van der Waals surface area contributed by atoms with Crippen LogP contribution < -0.4 is 10.9 Å². The normalized spacial score (nSPS) is 16.1. The number of alkyl carbamates (subject to hydrolysis) is 1. The van der Waals surface area contributed by atoms with Crippen LogP contribution >= 0.6 is 11.6 Å². The second-order valence-electron chi connectivity index (χ2n) is 12.2. The predicted molar refractivity (Wildman–Crippen MR) is 169 cm³/mol. The topological polar surface area (TPSA) is 103 Å². The summed E-state index contributed by atoms with van der Waals surface area (Å²) in [6.45, 7) is 6.63. The molecule has 228 valence electrons. The Kier molecular flexibility index (Phi) is 8.07. The molecule has 1 atom stereocenters. The van der Waals surface area contributed by atoms with Gasteiger partial charge in [-0.25, -0.2) is 14.6 Å². The Bertz CT molecular complexity index is 1750. The number of fused-ring (bicyclic) bond motifs is 4. The van der Waals surface area contributed by atoms with E-state index < -0.39 is 17.8 Å². The Morgan fingerprint density at radius 3 is 2.36 bits per heavy atom. The molecule has 0 bridgehead atoms. The number of likely N-dealkylation sites (tertiary alicyclic amines) is 1. The monoisotopic (exact) mass is 614 g/mol. The number of ether oxygens (including phenoxy) is 2. The zero-order valence-corrected chi connectivity index (χ0v) is 25.8. The minimum absolute atomic E-state index is 0.0412. The highest BCUT2D eigenvalue weighted by molar-refractivity contribution is 6.35. The number of amides is 2. The molecular formula is C34H35ClN4O5. The largest absolute Gasteiger partial charge is 0.449 e. The molecule has 10 heteroatoms. The van der Waals surface area contributed by atoms with Crippen LogP contribution in [0.15, 0.2) is 71.5 Å². The van der Waals surface area contributed by atoms with Gasteiger partial charge < -0.3 is 19.7 Å². The number of hydrogen-bond donors (Lipinski definition) is 1. The van der Waals surface area contributed by atoms with Crippen LogP contribution in [0, 0.1) is 0 Å². The second kappa shape index (κ2) is 12.0. The van der Waals surface area contributed by atoms with Gasteiger partial charge in [-0.1, -0.05) is 66.2 Å². The zero-order chi connectivity index (χ0) is 31.0. The lowest BCUT2D eigenvalue weighted by Gasteiger charge is -2.25. The summed E-state index contributed by atoms with van der Waals surface area (Å²) in [7, 11) is 0. The fraction of sp³-hybridized carbons (Fsp3) is 0.353. The van der Waals surface area contributed by atoms with E-state index in [1.165, 1.54) is 0 Å². The molecule has 0 radical (unpaired) electrons. The van der Waals surface area contributed by atoms with Crippen LogP contribution in [-0.4, -0.2) is 58.5 Å². The van der Waals surface area contributed by atoms with E-state index in [0.717, 1.165) is 22.3 Å². The number of carbonyl (C=O) groups is 2. The molecule has 1 saturated heterocycles. The van der Waals surface area contributed by atoms with E-state index in [1.54, 1.807) is 27.7 Å². The van der Waals surface area contributed by atoms with E-state index in [1.807, 2.05) is 45.0 Å². The van der Waals surface area contributed by atoms with Gasteiger partial charge in [0.05, 0.1) is 22.0 Å². The summed E-state index contributed by atoms with van der Waals surface area (Å²) in [4.78, 5) is 45.7. The first-order valence-electron chi connectivity index (χ1n) is 14.9. The summed E-state index contributed by atoms with van der Waals surface area (Å²) in [5.41, 5.74) is 4.19. The standard InChI is InChI=1S/C34H35ClN4O5/c1-34(2,3)44-33(42)38-18-16-21(19-38)39-29(37-28-14-8-13-27(35)30(28)31(39)40)15-17-36-32(41)43-20-26-24-11-6-4-9-22(24)23-10-5-7-12-25(23)26/h4-14,21,26H,15-20H2,1-3H3,(H,36,41). The average molecular weight is 615 g/mol. The van der Waals surface area contributed by atoms with Crippen molar-refractivity contribution in [3.05, 3.63) is 99.1 Å². The van der Waals surface area contributed by atoms with Gasteiger partial charge in [0.2, 0.25) is 0 Å². The molecule has 1 aromatic heterocycles. The third kappa shape index (κ3) is 5.88. The number of nitrogens with one attached hydrogen (secondary N) is 1. The molecule has 4 aromatic rings. The Morgan fingerprint density at radius 2 is 1.68 bits per heavy atom. The van der Waals surface area contributed by atoms with Crippen molar-refractivity contribution in [3.63, 3.8) is 0 Å². The molecule has 0 spiro atoms. The molecule has 1 fully saturated rings. The lowest BCUT2D eigenvalue weighted by atomic mass is 9.98. The van der Waals surface area contributed by atoms with E-state index in [9.17, 15) is 14.4 Å². The first-order chi connectivity index (χ1) is 21.1. The maximum atomic E-state index is 13.8. The first kappa shape index (κ1) is 29.7. The average Bonchev–Trinajstić information content (AvgIpc) is 3.59. The summed E-state index contributed by atoms with van der Waals surface area (Å²) in [5, 5.41) is 3.48. The quantitative estimate of drug-likeness (QED) is 0.273. The number of aromatic nitrogens is 2. The van der Waals surface area contributed by atoms with Gasteiger partial charge in [-0.15, -0.1) is 0 Å². The van der Waals surface area contributed by atoms with Crippen molar-refractivity contribution < 1.29 is 19.1 Å². The first-order valence-corrected chi connectivity index (χ1v) is 15.2. The third-order valence-electron chi connectivity index (χ3n) is 8.09. The highest BCUT2D eigenvalue weighted by Crippen LogP contribution is 2.44. The zero-order valence-electron chi connectivity index (χ0n) is 25.0. The Morgan fingerprint density at radius 1 is 1.00 bits per heavy atom. The highest BCUT2D eigenvalue weighted by Gasteiger charge is 2.33. The Labute approximate surface area is 260 Å². The van der Waals surface area contributed by atoms with Gasteiger partial charge in [-0.05, 0) is 61.6 Å². The second-order valence-corrected chi connectivity index (χ2v) is 12.6. The molecule has 9 nitrogen and oxygen atoms in total. The van der Waals surface area contributed by atoms with Crippen LogP contribution in [0.4, 0.5) is 9.59 Å². The van der Waals surface area contributed by atoms with Crippen molar-refractivity contribution in [2.75, 3.05) is 26.2 Å². The SMILES string of the molecule is CC(C)(C)OC(=O)N1CCC(n2c(CCNC(=O)OCC3c4ccccc4-c4ccccc43)nc3cccc(Cl)c3c2=O)C1. The van der Waals surface area contributed by atoms with Crippen molar-refractivity contribution in [2.45, 2.75) is 51.2 Å². The highest BCUT2D eigenvalue weighted by atomic mass is 35.5. The van der Waals surface area contributed by atoms with E-state index in [2.05, 4.69) is 29.6 Å². The van der Waals surface area contributed by atoms with Crippen LogP contribution in [-0.2, 0) is 15.9 Å². The molecule has 2 heterocycles. The number of nitrogens with zero attached hydrogens (tertiary/aromatic N) is 3. The molecule has 1 aliphatic heterocycles. The molecule has 1 aliphatic carbocycles. The minimum atomic E-state index is -0.625. The lowest BCUT2D eigenvalue weighted by molar-refractivity contribution is 0.0288. The molecule has 2 amide bonds. The van der Waals surface area contributed by atoms with Crippen molar-refractivity contribution in [2.24, 2.45) is 0 Å². The molecule has 0 saturated carbocycles. The van der Waals surface area contributed by atoms with Gasteiger partial charge in [0.1, 0.15) is 18.0 Å². The maximum absolute atomic E-state index is 13.8. The van der Waals surface area contributed by atoms with Crippen LogP contribution in [0.25, 0.3) is 22.0 Å². The van der Waals surface area contributed by atoms with Crippen LogP contribution in [0.1, 0.15) is 56.1 Å². The number of benzene rings is 3. The summed E-state index contributed by atoms with van der Waals surface area (Å²) in [5.74, 6) is 0.459.